The number of ether oxygens (including phenoxy) is 1. The monoisotopic (exact) mass is 650 g/mol. The van der Waals surface area contributed by atoms with Gasteiger partial charge in [-0.1, -0.05) is 45.9 Å². The van der Waals surface area contributed by atoms with E-state index in [2.05, 4.69) is 39.8 Å². The quantitative estimate of drug-likeness (QED) is 0.183. The Labute approximate surface area is 278 Å². The largest absolute Gasteiger partial charge is 0.508 e. The standard InChI is InChI=1S/C39H54O8/c1-21(2)22(3)34-35(47-34)38(45)12-5-6-25-17-27-28(18-30(42)29-19-31(43)32(44)20-36(27,29)4)39(46)14-10-33(38)37(25,39)13-9-24-16-26(41)8-7-23(24)11-15-40/h5-8,16,18,21-22,25,27,29,31-35,40-41,43-46H,9-15,17,19-20H2,1-4H3. The van der Waals surface area contributed by atoms with Crippen LogP contribution in [0.4, 0.5) is 0 Å². The number of rotatable bonds is 8. The first-order valence-electron chi connectivity index (χ1n) is 18.0. The molecular weight excluding hydrogens is 596 g/mol. The Balaban J connectivity index is 1.36. The Bertz CT molecular complexity index is 1470. The van der Waals surface area contributed by atoms with Crippen molar-refractivity contribution in [1.82, 2.24) is 0 Å². The number of aromatic hydroxyl groups is 1. The summed E-state index contributed by atoms with van der Waals surface area (Å²) < 4.78 is 6.36. The van der Waals surface area contributed by atoms with Crippen molar-refractivity contribution in [2.75, 3.05) is 6.61 Å². The van der Waals surface area contributed by atoms with Crippen LogP contribution >= 0.6 is 0 Å². The van der Waals surface area contributed by atoms with Gasteiger partial charge in [-0.15, -0.1) is 0 Å². The number of benzene rings is 1. The second-order valence-electron chi connectivity index (χ2n) is 16.7. The molecule has 8 nitrogen and oxygen atoms in total. The number of aliphatic hydroxyl groups excluding tert-OH is 3. The molecule has 0 spiro atoms. The first kappa shape index (κ1) is 33.4. The molecule has 7 rings (SSSR count). The number of hydrogen-bond donors (Lipinski definition) is 6. The normalized spacial score (nSPS) is 45.9. The minimum Gasteiger partial charge on any atom is -0.508 e. The van der Waals surface area contributed by atoms with Crippen LogP contribution in [0.2, 0.25) is 0 Å². The van der Waals surface area contributed by atoms with Gasteiger partial charge in [-0.05, 0) is 122 Å². The smallest absolute Gasteiger partial charge is 0.159 e. The maximum Gasteiger partial charge on any atom is 0.159 e. The van der Waals surface area contributed by atoms with Crippen LogP contribution in [0, 0.1) is 46.3 Å². The predicted octanol–water partition coefficient (Wildman–Crippen LogP) is 4.02. The highest BCUT2D eigenvalue weighted by Gasteiger charge is 2.75. The van der Waals surface area contributed by atoms with Crippen molar-refractivity contribution in [1.29, 1.82) is 0 Å². The van der Waals surface area contributed by atoms with E-state index in [0.717, 1.165) is 16.7 Å². The first-order chi connectivity index (χ1) is 22.2. The summed E-state index contributed by atoms with van der Waals surface area (Å²) >= 11 is 0. The number of carbonyl (C=O) groups is 1. The lowest BCUT2D eigenvalue weighted by atomic mass is 9.42. The van der Waals surface area contributed by atoms with E-state index in [1.165, 1.54) is 0 Å². The van der Waals surface area contributed by atoms with Crippen LogP contribution in [0.25, 0.3) is 0 Å². The van der Waals surface area contributed by atoms with Crippen LogP contribution in [0.15, 0.2) is 42.0 Å². The van der Waals surface area contributed by atoms with E-state index in [4.69, 9.17) is 4.74 Å². The number of ketones is 1. The lowest BCUT2D eigenvalue weighted by Gasteiger charge is -2.63. The third kappa shape index (κ3) is 4.79. The first-order valence-corrected chi connectivity index (χ1v) is 18.0. The van der Waals surface area contributed by atoms with Crippen LogP contribution in [-0.4, -0.2) is 78.6 Å². The van der Waals surface area contributed by atoms with E-state index >= 15 is 0 Å². The Morgan fingerprint density at radius 3 is 2.51 bits per heavy atom. The Hall–Kier alpha value is -2.07. The van der Waals surface area contributed by atoms with Gasteiger partial charge in [0.15, 0.2) is 5.78 Å². The van der Waals surface area contributed by atoms with Gasteiger partial charge in [0.1, 0.15) is 17.5 Å². The summed E-state index contributed by atoms with van der Waals surface area (Å²) in [6, 6.07) is 5.24. The number of phenols is 1. The molecule has 0 bridgehead atoms. The molecule has 1 aromatic rings. The molecule has 13 unspecified atom stereocenters. The van der Waals surface area contributed by atoms with Gasteiger partial charge >= 0.3 is 0 Å². The molecule has 1 aliphatic heterocycles. The molecule has 47 heavy (non-hydrogen) atoms. The zero-order valence-corrected chi connectivity index (χ0v) is 28.3. The molecule has 4 fully saturated rings. The second kappa shape index (κ2) is 11.5. The molecular formula is C39H54O8. The predicted molar refractivity (Wildman–Crippen MR) is 176 cm³/mol. The van der Waals surface area contributed by atoms with Gasteiger partial charge in [0, 0.05) is 23.9 Å². The van der Waals surface area contributed by atoms with Crippen molar-refractivity contribution in [3.63, 3.8) is 0 Å². The number of aliphatic hydroxyl groups is 5. The lowest BCUT2D eigenvalue weighted by Crippen LogP contribution is -2.66. The fourth-order valence-corrected chi connectivity index (χ4v) is 11.6. The maximum atomic E-state index is 13.9. The van der Waals surface area contributed by atoms with Crippen LogP contribution < -0.4 is 0 Å². The fraction of sp³-hybridized carbons (Fsp3) is 0.718. The van der Waals surface area contributed by atoms with Crippen LogP contribution in [0.3, 0.4) is 0 Å². The van der Waals surface area contributed by atoms with Crippen LogP contribution in [0.5, 0.6) is 5.75 Å². The van der Waals surface area contributed by atoms with Crippen molar-refractivity contribution >= 4 is 5.78 Å². The zero-order chi connectivity index (χ0) is 33.7. The molecule has 1 heterocycles. The highest BCUT2D eigenvalue weighted by atomic mass is 16.6. The molecule has 6 N–H and O–H groups in total. The number of epoxide rings is 1. The molecule has 258 valence electrons. The molecule has 8 heteroatoms. The molecule has 13 atom stereocenters. The number of hydrogen-bond acceptors (Lipinski definition) is 8. The molecule has 0 amide bonds. The molecule has 3 saturated carbocycles. The summed E-state index contributed by atoms with van der Waals surface area (Å²) in [7, 11) is 0. The summed E-state index contributed by atoms with van der Waals surface area (Å²) in [6.45, 7) is 8.57. The van der Waals surface area contributed by atoms with E-state index in [1.807, 2.05) is 6.07 Å². The van der Waals surface area contributed by atoms with Crippen molar-refractivity contribution in [3.05, 3.63) is 53.1 Å². The highest BCUT2D eigenvalue weighted by molar-refractivity contribution is 5.95. The van der Waals surface area contributed by atoms with Gasteiger partial charge in [-0.3, -0.25) is 4.79 Å². The number of carbonyl (C=O) groups excluding carboxylic acids is 1. The van der Waals surface area contributed by atoms with Crippen LogP contribution in [0.1, 0.15) is 83.8 Å². The zero-order valence-electron chi connectivity index (χ0n) is 28.3. The second-order valence-corrected chi connectivity index (χ2v) is 16.7. The Morgan fingerprint density at radius 2 is 1.79 bits per heavy atom. The maximum absolute atomic E-state index is 13.9. The van der Waals surface area contributed by atoms with Crippen molar-refractivity contribution in [2.45, 2.75) is 121 Å². The van der Waals surface area contributed by atoms with Gasteiger partial charge in [0.2, 0.25) is 0 Å². The number of phenolic OH excluding ortho intramolecular Hbond substituents is 1. The van der Waals surface area contributed by atoms with E-state index in [0.29, 0.717) is 50.9 Å². The van der Waals surface area contributed by atoms with Crippen molar-refractivity contribution < 1.29 is 40.2 Å². The molecule has 6 aliphatic rings. The lowest BCUT2D eigenvalue weighted by molar-refractivity contribution is -0.182. The third-order valence-corrected chi connectivity index (χ3v) is 14.4. The minimum atomic E-state index is -1.39. The van der Waals surface area contributed by atoms with Gasteiger partial charge < -0.3 is 35.4 Å². The van der Waals surface area contributed by atoms with Gasteiger partial charge in [-0.2, -0.15) is 0 Å². The Morgan fingerprint density at radius 1 is 1.02 bits per heavy atom. The molecule has 0 radical (unpaired) electrons. The minimum absolute atomic E-state index is 0.0218. The van der Waals surface area contributed by atoms with Crippen molar-refractivity contribution in [3.8, 4) is 5.75 Å². The van der Waals surface area contributed by atoms with Gasteiger partial charge in [-0.25, -0.2) is 0 Å². The molecule has 5 aliphatic carbocycles. The SMILES string of the molecule is CC(C)C(C)C1OC1C1(O)CC=CC2CC3C(=CC(=O)C4CC(O)C(O)CC43C)C3(O)CCC1C23CCc1cc(O)ccc1CCO. The summed E-state index contributed by atoms with van der Waals surface area (Å²) in [5.41, 5.74) is -1.45. The summed E-state index contributed by atoms with van der Waals surface area (Å²) in [5, 5.41) is 68.1. The van der Waals surface area contributed by atoms with E-state index in [1.54, 1.807) is 18.2 Å². The highest BCUT2D eigenvalue weighted by Crippen LogP contribution is 2.73. The van der Waals surface area contributed by atoms with E-state index in [9.17, 15) is 35.4 Å². The molecule has 0 aromatic heterocycles. The fourth-order valence-electron chi connectivity index (χ4n) is 11.6. The average Bonchev–Trinajstić information content (AvgIpc) is 3.77. The van der Waals surface area contributed by atoms with E-state index in [-0.39, 0.29) is 66.9 Å². The van der Waals surface area contributed by atoms with Gasteiger partial charge in [0.05, 0.1) is 23.9 Å². The van der Waals surface area contributed by atoms with Gasteiger partial charge in [0.25, 0.3) is 0 Å². The van der Waals surface area contributed by atoms with Crippen molar-refractivity contribution in [2.24, 2.45) is 46.3 Å². The summed E-state index contributed by atoms with van der Waals surface area (Å²) in [5.74, 6) is -0.325. The summed E-state index contributed by atoms with van der Waals surface area (Å²) in [6.07, 6.45) is 7.76. The topological polar surface area (TPSA) is 151 Å². The Kier molecular flexibility index (Phi) is 8.17. The number of aryl methyl sites for hydroxylation is 1. The van der Waals surface area contributed by atoms with Crippen LogP contribution in [-0.2, 0) is 22.4 Å². The number of fused-ring (bicyclic) bond motifs is 4. The molecule has 1 aromatic carbocycles. The average molecular weight is 651 g/mol. The molecule has 1 saturated heterocycles. The number of allylic oxidation sites excluding steroid dienone is 2. The summed E-state index contributed by atoms with van der Waals surface area (Å²) in [4.78, 5) is 13.9. The third-order valence-electron chi connectivity index (χ3n) is 14.4. The van der Waals surface area contributed by atoms with E-state index < -0.39 is 40.2 Å².